The lowest BCUT2D eigenvalue weighted by atomic mass is 9.83. The van der Waals surface area contributed by atoms with Crippen LogP contribution in [0.4, 0.5) is 0 Å². The SMILES string of the molecule is Cc1c(C)c2c(c(C)c1CC(=O)O)CCC(C)(CCN(C)C)O2.Cl. The van der Waals surface area contributed by atoms with Gasteiger partial charge in [0.2, 0.25) is 0 Å². The molecule has 136 valence electrons. The van der Waals surface area contributed by atoms with Gasteiger partial charge in [-0.1, -0.05) is 0 Å². The van der Waals surface area contributed by atoms with Gasteiger partial charge in [-0.2, -0.15) is 0 Å². The molecular formula is C19H30ClNO3. The number of benzene rings is 1. The molecule has 0 saturated heterocycles. The Morgan fingerprint density at radius 2 is 1.83 bits per heavy atom. The molecule has 0 bridgehead atoms. The zero-order valence-electron chi connectivity index (χ0n) is 15.7. The number of ether oxygens (including phenoxy) is 1. The van der Waals surface area contributed by atoms with E-state index in [-0.39, 0.29) is 24.4 Å². The van der Waals surface area contributed by atoms with Crippen molar-refractivity contribution in [3.63, 3.8) is 0 Å². The molecule has 24 heavy (non-hydrogen) atoms. The molecule has 1 aliphatic heterocycles. The monoisotopic (exact) mass is 355 g/mol. The lowest BCUT2D eigenvalue weighted by Crippen LogP contribution is -2.39. The molecule has 4 nitrogen and oxygen atoms in total. The van der Waals surface area contributed by atoms with Gasteiger partial charge < -0.3 is 14.7 Å². The van der Waals surface area contributed by atoms with E-state index in [1.54, 1.807) is 0 Å². The lowest BCUT2D eigenvalue weighted by Gasteiger charge is -2.39. The molecule has 0 aromatic heterocycles. The number of hydrogen-bond acceptors (Lipinski definition) is 3. The van der Waals surface area contributed by atoms with Crippen LogP contribution in [0, 0.1) is 20.8 Å². The minimum Gasteiger partial charge on any atom is -0.487 e. The highest BCUT2D eigenvalue weighted by Crippen LogP contribution is 2.42. The number of nitrogens with zero attached hydrogens (tertiary/aromatic N) is 1. The molecule has 0 fully saturated rings. The van der Waals surface area contributed by atoms with Crippen LogP contribution >= 0.6 is 12.4 Å². The second kappa shape index (κ2) is 7.75. The molecule has 5 heteroatoms. The Kier molecular flexibility index (Phi) is 6.71. The Morgan fingerprint density at radius 3 is 2.38 bits per heavy atom. The number of rotatable bonds is 5. The summed E-state index contributed by atoms with van der Waals surface area (Å²) in [4.78, 5) is 13.4. The van der Waals surface area contributed by atoms with Gasteiger partial charge in [0.25, 0.3) is 0 Å². The summed E-state index contributed by atoms with van der Waals surface area (Å²) >= 11 is 0. The van der Waals surface area contributed by atoms with E-state index in [4.69, 9.17) is 4.74 Å². The van der Waals surface area contributed by atoms with Crippen LogP contribution in [0.15, 0.2) is 0 Å². The van der Waals surface area contributed by atoms with Gasteiger partial charge in [-0.3, -0.25) is 4.79 Å². The standard InChI is InChI=1S/C19H29NO3.ClH/c1-12-13(2)18-15(14(3)16(12)11-17(21)22)7-8-19(4,23-18)9-10-20(5)6;/h7-11H2,1-6H3,(H,21,22);1H. The van der Waals surface area contributed by atoms with Gasteiger partial charge in [-0.15, -0.1) is 12.4 Å². The average molecular weight is 356 g/mol. The van der Waals surface area contributed by atoms with E-state index >= 15 is 0 Å². The number of hydrogen-bond donors (Lipinski definition) is 1. The van der Waals surface area contributed by atoms with Gasteiger partial charge in [-0.05, 0) is 88.9 Å². The van der Waals surface area contributed by atoms with Gasteiger partial charge in [0, 0.05) is 6.54 Å². The van der Waals surface area contributed by atoms with Crippen LogP contribution < -0.4 is 4.74 Å². The Morgan fingerprint density at radius 1 is 1.21 bits per heavy atom. The summed E-state index contributed by atoms with van der Waals surface area (Å²) in [5.74, 6) is 0.213. The quantitative estimate of drug-likeness (QED) is 0.875. The first kappa shape index (κ1) is 20.8. The molecule has 0 amide bonds. The summed E-state index contributed by atoms with van der Waals surface area (Å²) in [6.07, 6.45) is 3.01. The van der Waals surface area contributed by atoms with Crippen molar-refractivity contribution in [1.29, 1.82) is 0 Å². The van der Waals surface area contributed by atoms with Crippen molar-refractivity contribution in [2.45, 2.75) is 59.0 Å². The predicted octanol–water partition coefficient (Wildman–Crippen LogP) is 3.70. The van der Waals surface area contributed by atoms with E-state index in [2.05, 4.69) is 32.8 Å². The second-order valence-electron chi connectivity index (χ2n) is 7.34. The summed E-state index contributed by atoms with van der Waals surface area (Å²) in [6.45, 7) is 9.29. The Hall–Kier alpha value is -1.26. The van der Waals surface area contributed by atoms with Crippen molar-refractivity contribution in [2.75, 3.05) is 20.6 Å². The van der Waals surface area contributed by atoms with E-state index in [0.29, 0.717) is 0 Å². The maximum absolute atomic E-state index is 11.2. The number of aliphatic carboxylic acids is 1. The molecule has 0 saturated carbocycles. The molecule has 1 aromatic carbocycles. The highest BCUT2D eigenvalue weighted by Gasteiger charge is 2.34. The van der Waals surface area contributed by atoms with Crippen molar-refractivity contribution >= 4 is 18.4 Å². The van der Waals surface area contributed by atoms with Crippen molar-refractivity contribution < 1.29 is 14.6 Å². The summed E-state index contributed by atoms with van der Waals surface area (Å²) in [6, 6.07) is 0. The highest BCUT2D eigenvalue weighted by atomic mass is 35.5. The normalized spacial score (nSPS) is 19.5. The predicted molar refractivity (Wildman–Crippen MR) is 99.8 cm³/mol. The Bertz CT molecular complexity index is 628. The van der Waals surface area contributed by atoms with Crippen LogP contribution in [0.1, 0.15) is 47.6 Å². The molecular weight excluding hydrogens is 326 g/mol. The van der Waals surface area contributed by atoms with Gasteiger partial charge in [0.15, 0.2) is 0 Å². The molecule has 1 unspecified atom stereocenters. The number of carboxylic acids is 1. The zero-order chi connectivity index (χ0) is 17.4. The minimum atomic E-state index is -0.775. The Balaban J connectivity index is 0.00000288. The van der Waals surface area contributed by atoms with Crippen molar-refractivity contribution in [2.24, 2.45) is 0 Å². The fourth-order valence-corrected chi connectivity index (χ4v) is 3.44. The van der Waals surface area contributed by atoms with Crippen LogP contribution in [0.2, 0.25) is 0 Å². The minimum absolute atomic E-state index is 0. The van der Waals surface area contributed by atoms with Crippen LogP contribution in [-0.4, -0.2) is 42.2 Å². The van der Waals surface area contributed by atoms with E-state index in [0.717, 1.165) is 53.8 Å². The zero-order valence-corrected chi connectivity index (χ0v) is 16.5. The molecule has 0 aliphatic carbocycles. The lowest BCUT2D eigenvalue weighted by molar-refractivity contribution is -0.136. The molecule has 2 rings (SSSR count). The fraction of sp³-hybridized carbons (Fsp3) is 0.632. The Labute approximate surface area is 151 Å². The van der Waals surface area contributed by atoms with Crippen LogP contribution in [0.25, 0.3) is 0 Å². The number of carboxylic acid groups (broad SMARTS) is 1. The van der Waals surface area contributed by atoms with E-state index in [1.165, 1.54) is 5.56 Å². The molecule has 0 radical (unpaired) electrons. The van der Waals surface area contributed by atoms with Gasteiger partial charge in [0.05, 0.1) is 6.42 Å². The highest BCUT2D eigenvalue weighted by molar-refractivity contribution is 5.85. The number of carbonyl (C=O) groups is 1. The molecule has 0 spiro atoms. The first-order chi connectivity index (χ1) is 10.6. The fourth-order valence-electron chi connectivity index (χ4n) is 3.44. The van der Waals surface area contributed by atoms with Crippen LogP contribution in [-0.2, 0) is 17.6 Å². The molecule has 1 heterocycles. The van der Waals surface area contributed by atoms with Crippen molar-refractivity contribution in [1.82, 2.24) is 4.90 Å². The van der Waals surface area contributed by atoms with E-state index < -0.39 is 5.97 Å². The summed E-state index contributed by atoms with van der Waals surface area (Å²) in [7, 11) is 4.16. The topological polar surface area (TPSA) is 49.8 Å². The smallest absolute Gasteiger partial charge is 0.307 e. The van der Waals surface area contributed by atoms with Crippen LogP contribution in [0.3, 0.4) is 0 Å². The third-order valence-electron chi connectivity index (χ3n) is 5.20. The first-order valence-corrected chi connectivity index (χ1v) is 8.31. The third-order valence-corrected chi connectivity index (χ3v) is 5.20. The third kappa shape index (κ3) is 4.22. The summed E-state index contributed by atoms with van der Waals surface area (Å²) < 4.78 is 6.45. The van der Waals surface area contributed by atoms with Gasteiger partial charge in [0.1, 0.15) is 11.4 Å². The molecule has 1 aliphatic rings. The van der Waals surface area contributed by atoms with E-state index in [9.17, 15) is 9.90 Å². The number of halogens is 1. The van der Waals surface area contributed by atoms with Crippen molar-refractivity contribution in [3.05, 3.63) is 27.8 Å². The van der Waals surface area contributed by atoms with Crippen molar-refractivity contribution in [3.8, 4) is 5.75 Å². The largest absolute Gasteiger partial charge is 0.487 e. The molecule has 1 N–H and O–H groups in total. The van der Waals surface area contributed by atoms with Gasteiger partial charge in [-0.25, -0.2) is 0 Å². The summed E-state index contributed by atoms with van der Waals surface area (Å²) in [5, 5.41) is 9.18. The first-order valence-electron chi connectivity index (χ1n) is 8.31. The van der Waals surface area contributed by atoms with Crippen LogP contribution in [0.5, 0.6) is 5.75 Å². The molecule has 1 atom stereocenters. The summed E-state index contributed by atoms with van der Waals surface area (Å²) in [5.41, 5.74) is 5.26. The van der Waals surface area contributed by atoms with E-state index in [1.807, 2.05) is 13.8 Å². The molecule has 1 aromatic rings. The maximum atomic E-state index is 11.2. The average Bonchev–Trinajstić information content (AvgIpc) is 2.47. The number of fused-ring (bicyclic) bond motifs is 1. The maximum Gasteiger partial charge on any atom is 0.307 e. The second-order valence-corrected chi connectivity index (χ2v) is 7.34. The van der Waals surface area contributed by atoms with Gasteiger partial charge >= 0.3 is 5.97 Å².